The molecule has 3 rings (SSSR count). The Morgan fingerprint density at radius 3 is 2.79 bits per heavy atom. The maximum atomic E-state index is 12.3. The van der Waals surface area contributed by atoms with Gasteiger partial charge < -0.3 is 15.1 Å². The standard InChI is InChI=1S/C18H16BrN3O2/c1-12-4-6-14(9-16(12)19)22-18(23)13-5-7-17(20-10-13)21-11-15-3-2-8-24-15/h2-10H,11H2,1H3,(H,20,21)(H,22,23). The van der Waals surface area contributed by atoms with Crippen molar-refractivity contribution >= 4 is 33.3 Å². The Kier molecular flexibility index (Phi) is 4.96. The number of anilines is 2. The molecule has 1 aromatic carbocycles. The average molecular weight is 386 g/mol. The van der Waals surface area contributed by atoms with Gasteiger partial charge in [0.25, 0.3) is 5.91 Å². The van der Waals surface area contributed by atoms with Crippen LogP contribution in [0.5, 0.6) is 0 Å². The molecule has 0 aliphatic carbocycles. The summed E-state index contributed by atoms with van der Waals surface area (Å²) in [5.41, 5.74) is 2.34. The number of carbonyl (C=O) groups excluding carboxylic acids is 1. The zero-order valence-corrected chi connectivity index (χ0v) is 14.6. The molecule has 6 heteroatoms. The molecule has 2 aromatic heterocycles. The molecule has 3 aromatic rings. The van der Waals surface area contributed by atoms with Gasteiger partial charge in [0.1, 0.15) is 11.6 Å². The van der Waals surface area contributed by atoms with Crippen LogP contribution in [0.1, 0.15) is 21.7 Å². The second-order valence-electron chi connectivity index (χ2n) is 5.28. The lowest BCUT2D eigenvalue weighted by Gasteiger charge is -2.08. The molecule has 0 saturated carbocycles. The third-order valence-corrected chi connectivity index (χ3v) is 4.33. The summed E-state index contributed by atoms with van der Waals surface area (Å²) in [7, 11) is 0. The second kappa shape index (κ2) is 7.31. The van der Waals surface area contributed by atoms with E-state index < -0.39 is 0 Å². The number of aryl methyl sites for hydroxylation is 1. The second-order valence-corrected chi connectivity index (χ2v) is 6.14. The number of pyridine rings is 1. The van der Waals surface area contributed by atoms with E-state index in [4.69, 9.17) is 4.42 Å². The molecular weight excluding hydrogens is 370 g/mol. The Bertz CT molecular complexity index is 830. The zero-order chi connectivity index (χ0) is 16.9. The Morgan fingerprint density at radius 2 is 2.12 bits per heavy atom. The predicted molar refractivity (Wildman–Crippen MR) is 97.1 cm³/mol. The van der Waals surface area contributed by atoms with Crippen molar-refractivity contribution in [2.24, 2.45) is 0 Å². The summed E-state index contributed by atoms with van der Waals surface area (Å²) in [6.07, 6.45) is 3.17. The fourth-order valence-corrected chi connectivity index (χ4v) is 2.48. The van der Waals surface area contributed by atoms with Crippen LogP contribution >= 0.6 is 15.9 Å². The molecule has 0 aliphatic rings. The van der Waals surface area contributed by atoms with E-state index in [0.717, 1.165) is 21.5 Å². The van der Waals surface area contributed by atoms with Crippen molar-refractivity contribution in [1.29, 1.82) is 0 Å². The number of nitrogens with one attached hydrogen (secondary N) is 2. The van der Waals surface area contributed by atoms with Crippen molar-refractivity contribution in [1.82, 2.24) is 4.98 Å². The minimum Gasteiger partial charge on any atom is -0.467 e. The first-order chi connectivity index (χ1) is 11.6. The van der Waals surface area contributed by atoms with Crippen LogP contribution in [-0.4, -0.2) is 10.9 Å². The lowest BCUT2D eigenvalue weighted by Crippen LogP contribution is -2.12. The van der Waals surface area contributed by atoms with E-state index in [1.807, 2.05) is 37.3 Å². The molecule has 0 bridgehead atoms. The molecule has 0 unspecified atom stereocenters. The van der Waals surface area contributed by atoms with Gasteiger partial charge in [0.2, 0.25) is 0 Å². The number of hydrogen-bond donors (Lipinski definition) is 2. The molecule has 0 atom stereocenters. The van der Waals surface area contributed by atoms with Gasteiger partial charge in [-0.15, -0.1) is 0 Å². The topological polar surface area (TPSA) is 67.2 Å². The fraction of sp³-hybridized carbons (Fsp3) is 0.111. The van der Waals surface area contributed by atoms with E-state index in [-0.39, 0.29) is 5.91 Å². The minimum absolute atomic E-state index is 0.198. The number of amides is 1. The van der Waals surface area contributed by atoms with Gasteiger partial charge in [0.05, 0.1) is 18.4 Å². The van der Waals surface area contributed by atoms with Crippen LogP contribution in [0.15, 0.2) is 63.8 Å². The Morgan fingerprint density at radius 1 is 1.25 bits per heavy atom. The monoisotopic (exact) mass is 385 g/mol. The molecule has 0 spiro atoms. The number of halogens is 1. The lowest BCUT2D eigenvalue weighted by atomic mass is 10.2. The number of furan rings is 1. The highest BCUT2D eigenvalue weighted by molar-refractivity contribution is 9.10. The lowest BCUT2D eigenvalue weighted by molar-refractivity contribution is 0.102. The number of hydrogen-bond acceptors (Lipinski definition) is 4. The Balaban J connectivity index is 1.61. The molecule has 1 amide bonds. The first-order valence-electron chi connectivity index (χ1n) is 7.41. The summed E-state index contributed by atoms with van der Waals surface area (Å²) in [4.78, 5) is 16.5. The first-order valence-corrected chi connectivity index (χ1v) is 8.21. The van der Waals surface area contributed by atoms with Crippen molar-refractivity contribution in [3.05, 3.63) is 76.3 Å². The number of rotatable bonds is 5. The van der Waals surface area contributed by atoms with Gasteiger partial charge in [0, 0.05) is 16.4 Å². The van der Waals surface area contributed by atoms with Crippen LogP contribution in [0.25, 0.3) is 0 Å². The molecule has 0 aliphatic heterocycles. The van der Waals surface area contributed by atoms with Crippen molar-refractivity contribution in [2.75, 3.05) is 10.6 Å². The van der Waals surface area contributed by atoms with Gasteiger partial charge in [-0.3, -0.25) is 4.79 Å². The molecule has 0 radical (unpaired) electrons. The van der Waals surface area contributed by atoms with E-state index in [9.17, 15) is 4.79 Å². The van der Waals surface area contributed by atoms with Crippen LogP contribution in [0, 0.1) is 6.92 Å². The Labute approximate surface area is 148 Å². The largest absolute Gasteiger partial charge is 0.467 e. The van der Waals surface area contributed by atoms with Gasteiger partial charge in [-0.2, -0.15) is 0 Å². The van der Waals surface area contributed by atoms with Crippen LogP contribution < -0.4 is 10.6 Å². The fourth-order valence-electron chi connectivity index (χ4n) is 2.10. The first kappa shape index (κ1) is 16.3. The number of carbonyl (C=O) groups is 1. The van der Waals surface area contributed by atoms with E-state index in [0.29, 0.717) is 17.9 Å². The third-order valence-electron chi connectivity index (χ3n) is 3.48. The average Bonchev–Trinajstić information content (AvgIpc) is 3.10. The molecule has 5 nitrogen and oxygen atoms in total. The summed E-state index contributed by atoms with van der Waals surface area (Å²) in [5, 5.41) is 5.99. The molecule has 2 N–H and O–H groups in total. The maximum absolute atomic E-state index is 12.3. The molecule has 0 fully saturated rings. The molecule has 24 heavy (non-hydrogen) atoms. The summed E-state index contributed by atoms with van der Waals surface area (Å²) < 4.78 is 6.20. The van der Waals surface area contributed by atoms with Gasteiger partial charge >= 0.3 is 0 Å². The quantitative estimate of drug-likeness (QED) is 0.672. The van der Waals surface area contributed by atoms with Crippen LogP contribution in [-0.2, 0) is 6.54 Å². The van der Waals surface area contributed by atoms with Gasteiger partial charge in [0.15, 0.2) is 0 Å². The van der Waals surface area contributed by atoms with Gasteiger partial charge in [-0.05, 0) is 48.9 Å². The normalized spacial score (nSPS) is 10.4. The summed E-state index contributed by atoms with van der Waals surface area (Å²) in [6.45, 7) is 2.54. The molecule has 122 valence electrons. The highest BCUT2D eigenvalue weighted by Gasteiger charge is 2.08. The van der Waals surface area contributed by atoms with Crippen molar-refractivity contribution in [2.45, 2.75) is 13.5 Å². The molecular formula is C18H16BrN3O2. The summed E-state index contributed by atoms with van der Waals surface area (Å²) in [5.74, 6) is 1.31. The number of aromatic nitrogens is 1. The number of benzene rings is 1. The SMILES string of the molecule is Cc1ccc(NC(=O)c2ccc(NCc3ccco3)nc2)cc1Br. The van der Waals surface area contributed by atoms with Crippen molar-refractivity contribution in [3.63, 3.8) is 0 Å². The third kappa shape index (κ3) is 4.02. The van der Waals surface area contributed by atoms with E-state index in [1.165, 1.54) is 0 Å². The summed E-state index contributed by atoms with van der Waals surface area (Å²) >= 11 is 3.46. The van der Waals surface area contributed by atoms with Gasteiger partial charge in [-0.1, -0.05) is 22.0 Å². The smallest absolute Gasteiger partial charge is 0.257 e. The highest BCUT2D eigenvalue weighted by Crippen LogP contribution is 2.21. The predicted octanol–water partition coefficient (Wildman–Crippen LogP) is 4.61. The van der Waals surface area contributed by atoms with Crippen molar-refractivity contribution in [3.8, 4) is 0 Å². The highest BCUT2D eigenvalue weighted by atomic mass is 79.9. The van der Waals surface area contributed by atoms with Crippen LogP contribution in [0.4, 0.5) is 11.5 Å². The minimum atomic E-state index is -0.198. The number of nitrogens with zero attached hydrogens (tertiary/aromatic N) is 1. The zero-order valence-electron chi connectivity index (χ0n) is 13.0. The van der Waals surface area contributed by atoms with Crippen molar-refractivity contribution < 1.29 is 9.21 Å². The molecule has 2 heterocycles. The van der Waals surface area contributed by atoms with Gasteiger partial charge in [-0.25, -0.2) is 4.98 Å². The van der Waals surface area contributed by atoms with Crippen LogP contribution in [0.3, 0.4) is 0 Å². The van der Waals surface area contributed by atoms with Crippen LogP contribution in [0.2, 0.25) is 0 Å². The van der Waals surface area contributed by atoms with E-state index >= 15 is 0 Å². The Hall–Kier alpha value is -2.60. The van der Waals surface area contributed by atoms with E-state index in [2.05, 4.69) is 31.5 Å². The maximum Gasteiger partial charge on any atom is 0.257 e. The molecule has 0 saturated heterocycles. The summed E-state index contributed by atoms with van der Waals surface area (Å²) in [6, 6.07) is 12.9. The van der Waals surface area contributed by atoms with E-state index in [1.54, 1.807) is 24.6 Å².